The van der Waals surface area contributed by atoms with Crippen LogP contribution in [0.25, 0.3) is 0 Å². The Kier molecular flexibility index (Phi) is 2.14. The molecule has 2 N–H and O–H groups in total. The van der Waals surface area contributed by atoms with Gasteiger partial charge in [0.1, 0.15) is 6.54 Å². The lowest BCUT2D eigenvalue weighted by Gasteiger charge is -2.10. The second kappa shape index (κ2) is 3.34. The van der Waals surface area contributed by atoms with Gasteiger partial charge in [0.25, 0.3) is 0 Å². The van der Waals surface area contributed by atoms with Crippen LogP contribution in [0.2, 0.25) is 0 Å². The molecule has 0 atom stereocenters. The lowest BCUT2D eigenvalue weighted by molar-refractivity contribution is -0.141. The third-order valence-corrected chi connectivity index (χ3v) is 2.15. The summed E-state index contributed by atoms with van der Waals surface area (Å²) in [6.45, 7) is -0.396. The van der Waals surface area contributed by atoms with Gasteiger partial charge in [0.15, 0.2) is 0 Å². The molecule has 2 fully saturated rings. The molecule has 80 valence electrons. The Hall–Kier alpha value is -1.92. The molecule has 1 saturated carbocycles. The van der Waals surface area contributed by atoms with Crippen molar-refractivity contribution in [3.05, 3.63) is 0 Å². The Bertz CT molecular complexity index is 361. The smallest absolute Gasteiger partial charge is 0.332 e. The highest BCUT2D eigenvalue weighted by Crippen LogP contribution is 2.18. The van der Waals surface area contributed by atoms with E-state index in [9.17, 15) is 19.2 Å². The molecule has 7 heteroatoms. The number of rotatable bonds is 3. The molecule has 0 aromatic heterocycles. The van der Waals surface area contributed by atoms with Crippen LogP contribution in [-0.2, 0) is 14.4 Å². The fourth-order valence-electron chi connectivity index (χ4n) is 1.22. The highest BCUT2D eigenvalue weighted by Gasteiger charge is 2.38. The highest BCUT2D eigenvalue weighted by molar-refractivity contribution is 6.45. The Morgan fingerprint density at radius 2 is 2.07 bits per heavy atom. The fourth-order valence-corrected chi connectivity index (χ4v) is 1.22. The van der Waals surface area contributed by atoms with E-state index in [2.05, 4.69) is 5.32 Å². The zero-order valence-corrected chi connectivity index (χ0v) is 7.78. The van der Waals surface area contributed by atoms with Gasteiger partial charge in [-0.25, -0.2) is 9.69 Å². The van der Waals surface area contributed by atoms with Crippen molar-refractivity contribution < 1.29 is 19.2 Å². The molecule has 0 spiro atoms. The lowest BCUT2D eigenvalue weighted by atomic mass is 10.4. The monoisotopic (exact) mass is 211 g/mol. The standard InChI is InChI=1S/C8H9N3O4/c12-5(9-4-1-2-4)3-11-7(14)6(13)10-8(11)15/h4H,1-3H2,(H,9,12)(H,10,13,15). The van der Waals surface area contributed by atoms with Crippen molar-refractivity contribution in [3.63, 3.8) is 0 Å². The molecule has 15 heavy (non-hydrogen) atoms. The van der Waals surface area contributed by atoms with Gasteiger partial charge in [0.05, 0.1) is 0 Å². The van der Waals surface area contributed by atoms with Crippen LogP contribution < -0.4 is 10.6 Å². The minimum absolute atomic E-state index is 0.161. The van der Waals surface area contributed by atoms with Crippen molar-refractivity contribution in [3.8, 4) is 0 Å². The first-order valence-corrected chi connectivity index (χ1v) is 4.54. The second-order valence-electron chi connectivity index (χ2n) is 3.49. The number of carbonyl (C=O) groups is 4. The number of imide groups is 2. The summed E-state index contributed by atoms with van der Waals surface area (Å²) in [4.78, 5) is 44.7. The van der Waals surface area contributed by atoms with Crippen LogP contribution in [0.3, 0.4) is 0 Å². The zero-order valence-electron chi connectivity index (χ0n) is 7.78. The summed E-state index contributed by atoms with van der Waals surface area (Å²) in [6, 6.07) is -0.676. The van der Waals surface area contributed by atoms with Gasteiger partial charge in [-0.1, -0.05) is 0 Å². The molecule has 1 saturated heterocycles. The molecular formula is C8H9N3O4. The van der Waals surface area contributed by atoms with Gasteiger partial charge >= 0.3 is 17.8 Å². The molecule has 7 nitrogen and oxygen atoms in total. The summed E-state index contributed by atoms with van der Waals surface area (Å²) in [5.74, 6) is -2.39. The van der Waals surface area contributed by atoms with Crippen LogP contribution in [0.4, 0.5) is 4.79 Å². The molecule has 0 aromatic carbocycles. The fraction of sp³-hybridized carbons (Fsp3) is 0.500. The molecule has 0 aromatic rings. The summed E-state index contributed by atoms with van der Waals surface area (Å²) in [5, 5.41) is 4.42. The maximum absolute atomic E-state index is 11.3. The number of nitrogens with zero attached hydrogens (tertiary/aromatic N) is 1. The van der Waals surface area contributed by atoms with Crippen LogP contribution in [0, 0.1) is 0 Å². The number of urea groups is 1. The molecule has 2 aliphatic rings. The van der Waals surface area contributed by atoms with Crippen molar-refractivity contribution in [2.45, 2.75) is 18.9 Å². The number of nitrogens with one attached hydrogen (secondary N) is 2. The molecule has 5 amide bonds. The molecule has 1 aliphatic heterocycles. The van der Waals surface area contributed by atoms with Gasteiger partial charge in [-0.3, -0.25) is 19.7 Å². The summed E-state index contributed by atoms with van der Waals surface area (Å²) < 4.78 is 0. The average Bonchev–Trinajstić information content (AvgIpc) is 2.92. The number of hydrogen-bond acceptors (Lipinski definition) is 4. The van der Waals surface area contributed by atoms with Crippen LogP contribution in [0.15, 0.2) is 0 Å². The van der Waals surface area contributed by atoms with Crippen molar-refractivity contribution in [1.82, 2.24) is 15.5 Å². The van der Waals surface area contributed by atoms with Crippen LogP contribution >= 0.6 is 0 Å². The minimum atomic E-state index is -0.987. The van der Waals surface area contributed by atoms with Gasteiger partial charge in [-0.2, -0.15) is 0 Å². The van der Waals surface area contributed by atoms with Gasteiger partial charge in [0.2, 0.25) is 5.91 Å². The van der Waals surface area contributed by atoms with Crippen LogP contribution in [0.1, 0.15) is 12.8 Å². The molecule has 0 unspecified atom stereocenters. The molecule has 1 heterocycles. The molecule has 0 bridgehead atoms. The minimum Gasteiger partial charge on any atom is -0.352 e. The molecular weight excluding hydrogens is 202 g/mol. The maximum Gasteiger partial charge on any atom is 0.332 e. The van der Waals surface area contributed by atoms with Crippen molar-refractivity contribution in [2.75, 3.05) is 6.54 Å². The van der Waals surface area contributed by atoms with Gasteiger partial charge in [-0.15, -0.1) is 0 Å². The third-order valence-electron chi connectivity index (χ3n) is 2.15. The highest BCUT2D eigenvalue weighted by atomic mass is 16.2. The van der Waals surface area contributed by atoms with Crippen LogP contribution in [0.5, 0.6) is 0 Å². The number of amides is 5. The quantitative estimate of drug-likeness (QED) is 0.431. The average molecular weight is 211 g/mol. The van der Waals surface area contributed by atoms with Gasteiger partial charge in [0, 0.05) is 6.04 Å². The predicted molar refractivity (Wildman–Crippen MR) is 46.4 cm³/mol. The Morgan fingerprint density at radius 1 is 1.40 bits per heavy atom. The Balaban J connectivity index is 1.92. The van der Waals surface area contributed by atoms with Gasteiger partial charge in [-0.05, 0) is 12.8 Å². The Morgan fingerprint density at radius 3 is 2.53 bits per heavy atom. The van der Waals surface area contributed by atoms with E-state index in [1.807, 2.05) is 5.32 Å². The van der Waals surface area contributed by atoms with E-state index in [0.717, 1.165) is 12.8 Å². The summed E-state index contributed by atoms with van der Waals surface area (Å²) in [6.07, 6.45) is 1.84. The molecule has 1 aliphatic carbocycles. The largest absolute Gasteiger partial charge is 0.352 e. The number of carbonyl (C=O) groups excluding carboxylic acids is 4. The third kappa shape index (κ3) is 1.95. The zero-order chi connectivity index (χ0) is 11.0. The van der Waals surface area contributed by atoms with Crippen molar-refractivity contribution >= 4 is 23.8 Å². The van der Waals surface area contributed by atoms with E-state index in [1.54, 1.807) is 0 Å². The SMILES string of the molecule is O=C(CN1C(=O)NC(=O)C1=O)NC1CC1. The van der Waals surface area contributed by atoms with E-state index in [4.69, 9.17) is 0 Å². The first kappa shape index (κ1) is 9.63. The van der Waals surface area contributed by atoms with Crippen molar-refractivity contribution in [1.29, 1.82) is 0 Å². The Labute approximate surface area is 84.8 Å². The summed E-state index contributed by atoms with van der Waals surface area (Å²) in [7, 11) is 0. The van der Waals surface area contributed by atoms with E-state index in [1.165, 1.54) is 0 Å². The second-order valence-corrected chi connectivity index (χ2v) is 3.49. The van der Waals surface area contributed by atoms with Gasteiger partial charge < -0.3 is 5.32 Å². The van der Waals surface area contributed by atoms with E-state index >= 15 is 0 Å². The first-order valence-electron chi connectivity index (χ1n) is 4.54. The summed E-state index contributed by atoms with van der Waals surface area (Å²) >= 11 is 0. The predicted octanol–water partition coefficient (Wildman–Crippen LogP) is -1.66. The topological polar surface area (TPSA) is 95.6 Å². The van der Waals surface area contributed by atoms with Crippen molar-refractivity contribution in [2.24, 2.45) is 0 Å². The van der Waals surface area contributed by atoms with E-state index in [0.29, 0.717) is 4.90 Å². The summed E-state index contributed by atoms with van der Waals surface area (Å²) in [5.41, 5.74) is 0. The molecule has 0 radical (unpaired) electrons. The number of hydrogen-bond donors (Lipinski definition) is 2. The maximum atomic E-state index is 11.3. The first-order chi connectivity index (χ1) is 7.08. The van der Waals surface area contributed by atoms with E-state index < -0.39 is 30.3 Å². The lowest BCUT2D eigenvalue weighted by Crippen LogP contribution is -2.41. The van der Waals surface area contributed by atoms with E-state index in [-0.39, 0.29) is 6.04 Å². The van der Waals surface area contributed by atoms with Crippen LogP contribution in [-0.4, -0.2) is 41.2 Å². The normalized spacial score (nSPS) is 20.5. The molecule has 2 rings (SSSR count).